The Morgan fingerprint density at radius 1 is 0.146 bits per heavy atom. The molecule has 0 radical (unpaired) electrons. The van der Waals surface area contributed by atoms with Crippen molar-refractivity contribution >= 4 is 150 Å². The maximum Gasteiger partial charge on any atom is 0.0541 e. The average Bonchev–Trinajstić information content (AvgIpc) is 1.59. The Hall–Kier alpha value is -12.1. The van der Waals surface area contributed by atoms with Crippen LogP contribution in [0.15, 0.2) is 340 Å². The molecule has 0 aliphatic heterocycles. The van der Waals surface area contributed by atoms with Crippen LogP contribution in [0.25, 0.3) is 184 Å². The smallest absolute Gasteiger partial charge is 0.0541 e. The van der Waals surface area contributed by atoms with Gasteiger partial charge in [-0.2, -0.15) is 0 Å². The highest BCUT2D eigenvalue weighted by atomic mass is 32.1. The van der Waals surface area contributed by atoms with Crippen molar-refractivity contribution < 1.29 is 0 Å². The molecule has 0 bridgehead atoms. The molecule has 6 heterocycles. The first-order chi connectivity index (χ1) is 47.6. The van der Waals surface area contributed by atoms with Gasteiger partial charge in [0, 0.05) is 106 Å². The molecule has 0 spiro atoms. The van der Waals surface area contributed by atoms with E-state index in [0.717, 1.165) is 5.69 Å². The summed E-state index contributed by atoms with van der Waals surface area (Å²) in [5, 5.41) is 15.4. The van der Waals surface area contributed by atoms with Gasteiger partial charge in [0.15, 0.2) is 0 Å². The van der Waals surface area contributed by atoms with Crippen molar-refractivity contribution in [3.05, 3.63) is 340 Å². The molecule has 448 valence electrons. The Morgan fingerprint density at radius 3 is 0.792 bits per heavy atom. The fourth-order valence-electron chi connectivity index (χ4n) is 15.4. The van der Waals surface area contributed by atoms with Gasteiger partial charge in [-0.05, 0) is 179 Å². The molecule has 96 heavy (non-hydrogen) atoms. The van der Waals surface area contributed by atoms with Gasteiger partial charge in [0.25, 0.3) is 0 Å². The van der Waals surface area contributed by atoms with Gasteiger partial charge in [-0.3, -0.25) is 0 Å². The molecular weight excluding hydrogens is 1200 g/mol. The van der Waals surface area contributed by atoms with Crippen LogP contribution >= 0.6 is 22.7 Å². The summed E-state index contributed by atoms with van der Waals surface area (Å²) >= 11 is 3.73. The third kappa shape index (κ3) is 8.59. The number of hydrogen-bond acceptors (Lipinski definition) is 2. The molecule has 0 saturated heterocycles. The molecule has 0 N–H and O–H groups in total. The lowest BCUT2D eigenvalue weighted by Gasteiger charge is -2.10. The number of thiophene rings is 2. The predicted octanol–water partition coefficient (Wildman–Crippen LogP) is 25.5. The zero-order valence-electron chi connectivity index (χ0n) is 51.9. The zero-order chi connectivity index (χ0) is 63.0. The van der Waals surface area contributed by atoms with Crippen LogP contribution in [-0.2, 0) is 0 Å². The van der Waals surface area contributed by atoms with Gasteiger partial charge >= 0.3 is 0 Å². The van der Waals surface area contributed by atoms with Crippen molar-refractivity contribution in [3.63, 3.8) is 0 Å². The van der Waals surface area contributed by atoms with Crippen molar-refractivity contribution in [2.75, 3.05) is 0 Å². The van der Waals surface area contributed by atoms with E-state index in [0.29, 0.717) is 0 Å². The van der Waals surface area contributed by atoms with Crippen LogP contribution in [0.2, 0.25) is 0 Å². The molecule has 0 aliphatic carbocycles. The Bertz CT molecular complexity index is 6690. The molecule has 0 atom stereocenters. The number of para-hydroxylation sites is 5. The normalized spacial score (nSPS) is 12.0. The Kier molecular flexibility index (Phi) is 12.4. The van der Waals surface area contributed by atoms with E-state index in [9.17, 15) is 0 Å². The summed E-state index contributed by atoms with van der Waals surface area (Å²) in [7, 11) is 0. The third-order valence-corrected chi connectivity index (χ3v) is 22.1. The summed E-state index contributed by atoms with van der Waals surface area (Å²) in [6, 6.07) is 124. The van der Waals surface area contributed by atoms with Gasteiger partial charge in [0.05, 0.1) is 44.1 Å². The monoisotopic (exact) mass is 1260 g/mol. The lowest BCUT2D eigenvalue weighted by Crippen LogP contribution is -1.94. The average molecular weight is 1260 g/mol. The molecule has 15 aromatic carbocycles. The molecule has 0 saturated carbocycles. The Balaban J connectivity index is 0.000000132. The van der Waals surface area contributed by atoms with E-state index in [1.54, 1.807) is 0 Å². The Labute approximate surface area is 560 Å². The summed E-state index contributed by atoms with van der Waals surface area (Å²) in [6.07, 6.45) is 0. The first kappa shape index (κ1) is 54.5. The van der Waals surface area contributed by atoms with Crippen LogP contribution in [-0.4, -0.2) is 18.3 Å². The van der Waals surface area contributed by atoms with Gasteiger partial charge in [0.2, 0.25) is 0 Å². The SMILES string of the molecule is c1ccc(-c2ccc(-n3c4ccccc4c4cc(-c5ccc6c(c5)c5ccccc5n6-c5ccc6sc7ccccc7c6c5)ccc43)cc2)cc1.c1ccc(-n2c3ccccc3c3cc(-c4ccc5c(c4)c4ccccc4n5-c4ccc5sc6ccccc6c5c4)ccc32)cc1. The molecule has 21 aromatic rings. The van der Waals surface area contributed by atoms with E-state index in [4.69, 9.17) is 0 Å². The van der Waals surface area contributed by atoms with Crippen LogP contribution in [0.3, 0.4) is 0 Å². The van der Waals surface area contributed by atoms with Crippen molar-refractivity contribution in [2.24, 2.45) is 0 Å². The number of benzene rings is 15. The second-order valence-electron chi connectivity index (χ2n) is 25.1. The molecule has 0 fully saturated rings. The zero-order valence-corrected chi connectivity index (χ0v) is 53.6. The maximum atomic E-state index is 2.43. The van der Waals surface area contributed by atoms with E-state index in [-0.39, 0.29) is 0 Å². The minimum Gasteiger partial charge on any atom is -0.309 e. The van der Waals surface area contributed by atoms with Gasteiger partial charge < -0.3 is 18.3 Å². The molecule has 0 aliphatic rings. The first-order valence-electron chi connectivity index (χ1n) is 32.8. The van der Waals surface area contributed by atoms with E-state index < -0.39 is 0 Å². The van der Waals surface area contributed by atoms with Gasteiger partial charge in [-0.1, -0.05) is 194 Å². The fraction of sp³-hybridized carbons (Fsp3) is 0. The van der Waals surface area contributed by atoms with Crippen molar-refractivity contribution in [3.8, 4) is 56.1 Å². The van der Waals surface area contributed by atoms with Crippen LogP contribution in [0, 0.1) is 0 Å². The summed E-state index contributed by atoms with van der Waals surface area (Å²) in [5.74, 6) is 0. The van der Waals surface area contributed by atoms with Gasteiger partial charge in [-0.25, -0.2) is 0 Å². The van der Waals surface area contributed by atoms with E-state index >= 15 is 0 Å². The van der Waals surface area contributed by atoms with Gasteiger partial charge in [-0.15, -0.1) is 22.7 Å². The van der Waals surface area contributed by atoms with E-state index in [2.05, 4.69) is 358 Å². The quantitative estimate of drug-likeness (QED) is 0.152. The highest BCUT2D eigenvalue weighted by Crippen LogP contribution is 2.44. The summed E-state index contributed by atoms with van der Waals surface area (Å²) < 4.78 is 14.9. The third-order valence-electron chi connectivity index (χ3n) is 19.8. The molecule has 0 unspecified atom stereocenters. The number of hydrogen-bond donors (Lipinski definition) is 0. The summed E-state index contributed by atoms with van der Waals surface area (Å²) in [4.78, 5) is 0. The van der Waals surface area contributed by atoms with Crippen LogP contribution in [0.4, 0.5) is 0 Å². The highest BCUT2D eigenvalue weighted by molar-refractivity contribution is 7.26. The van der Waals surface area contributed by atoms with Crippen molar-refractivity contribution in [1.29, 1.82) is 0 Å². The number of aromatic nitrogens is 4. The lowest BCUT2D eigenvalue weighted by molar-refractivity contribution is 1.18. The molecular formula is C90H56N4S2. The number of nitrogens with zero attached hydrogens (tertiary/aromatic N) is 4. The van der Waals surface area contributed by atoms with Crippen LogP contribution < -0.4 is 0 Å². The minimum absolute atomic E-state index is 1.16. The molecule has 0 amide bonds. The van der Waals surface area contributed by atoms with Gasteiger partial charge in [0.1, 0.15) is 0 Å². The second-order valence-corrected chi connectivity index (χ2v) is 27.3. The molecule has 6 aromatic heterocycles. The molecule has 6 heteroatoms. The van der Waals surface area contributed by atoms with Crippen molar-refractivity contribution in [1.82, 2.24) is 18.3 Å². The number of rotatable bonds is 7. The highest BCUT2D eigenvalue weighted by Gasteiger charge is 2.20. The number of fused-ring (bicyclic) bond motifs is 18. The summed E-state index contributed by atoms with van der Waals surface area (Å²) in [6.45, 7) is 0. The topological polar surface area (TPSA) is 19.7 Å². The fourth-order valence-corrected chi connectivity index (χ4v) is 17.6. The van der Waals surface area contributed by atoms with Crippen LogP contribution in [0.1, 0.15) is 0 Å². The van der Waals surface area contributed by atoms with Crippen molar-refractivity contribution in [2.45, 2.75) is 0 Å². The maximum absolute atomic E-state index is 2.43. The second kappa shape index (κ2) is 21.8. The standard InChI is InChI=1S/C48H30N2S.C42H26N2S/c1-2-10-31(11-3-1)32-18-22-35(23-19-32)49-43-15-7-4-12-37(43)40-28-33(20-25-45(40)49)34-21-26-46-41(29-34)38-13-5-8-16-44(38)50(46)36-24-27-48-42(30-36)39-14-6-9-17-47(39)51-48;1-2-10-29(11-3-1)43-37-15-7-4-12-31(37)34-24-27(18-21-39(34)43)28-19-22-40-35(25-28)32-13-5-8-16-38(32)44(40)30-20-23-42-36(26-30)33-14-6-9-17-41(33)45-42/h1-30H;1-26H. The lowest BCUT2D eigenvalue weighted by atomic mass is 10.0. The van der Waals surface area contributed by atoms with E-state index in [1.165, 1.54) is 178 Å². The molecule has 4 nitrogen and oxygen atoms in total. The first-order valence-corrected chi connectivity index (χ1v) is 34.4. The molecule has 21 rings (SSSR count). The predicted molar refractivity (Wildman–Crippen MR) is 412 cm³/mol. The summed E-state index contributed by atoms with van der Waals surface area (Å²) in [5.41, 5.74) is 21.8. The largest absolute Gasteiger partial charge is 0.309 e. The van der Waals surface area contributed by atoms with Crippen LogP contribution in [0.5, 0.6) is 0 Å². The van der Waals surface area contributed by atoms with E-state index in [1.807, 2.05) is 22.7 Å². The Morgan fingerprint density at radius 2 is 0.406 bits per heavy atom. The minimum atomic E-state index is 1.16.